The molecule has 6 aromatic rings. The Balaban J connectivity index is 0.000000203. The summed E-state index contributed by atoms with van der Waals surface area (Å²) >= 11 is 26.3. The third-order valence-electron chi connectivity index (χ3n) is 11.5. The Kier molecular flexibility index (Phi) is 15.3. The highest BCUT2D eigenvalue weighted by atomic mass is 35.5. The van der Waals surface area contributed by atoms with Gasteiger partial charge >= 0.3 is 6.09 Å². The van der Waals surface area contributed by atoms with Crippen LogP contribution in [0.4, 0.5) is 4.79 Å². The maximum absolute atomic E-state index is 12.6. The summed E-state index contributed by atoms with van der Waals surface area (Å²) < 4.78 is 27.0. The first-order valence-corrected chi connectivity index (χ1v) is 22.8. The number of benzene rings is 4. The second-order valence-electron chi connectivity index (χ2n) is 17.2. The van der Waals surface area contributed by atoms with Gasteiger partial charge in [0.25, 0.3) is 0 Å². The van der Waals surface area contributed by atoms with Gasteiger partial charge in [-0.15, -0.1) is 0 Å². The van der Waals surface area contributed by atoms with Crippen molar-refractivity contribution < 1.29 is 28.5 Å². The van der Waals surface area contributed by atoms with Gasteiger partial charge in [0.15, 0.2) is 0 Å². The van der Waals surface area contributed by atoms with Gasteiger partial charge in [0, 0.05) is 65.8 Å². The van der Waals surface area contributed by atoms with E-state index < -0.39 is 17.7 Å². The van der Waals surface area contributed by atoms with Crippen LogP contribution in [0, 0.1) is 34.5 Å². The first kappa shape index (κ1) is 49.0. The van der Waals surface area contributed by atoms with Crippen LogP contribution in [0.5, 0.6) is 23.0 Å². The fourth-order valence-electron chi connectivity index (χ4n) is 8.22. The van der Waals surface area contributed by atoms with Crippen LogP contribution >= 0.6 is 46.4 Å². The highest BCUT2D eigenvalue weighted by molar-refractivity contribution is 6.42. The van der Waals surface area contributed by atoms with E-state index >= 15 is 0 Å². The van der Waals surface area contributed by atoms with Gasteiger partial charge in [-0.1, -0.05) is 58.5 Å². The van der Waals surface area contributed by atoms with E-state index in [1.165, 1.54) is 19.1 Å². The van der Waals surface area contributed by atoms with Gasteiger partial charge in [0.2, 0.25) is 0 Å². The molecule has 67 heavy (non-hydrogen) atoms. The first-order valence-electron chi connectivity index (χ1n) is 21.3. The van der Waals surface area contributed by atoms with Crippen LogP contribution < -0.4 is 24.3 Å². The lowest BCUT2D eigenvalue weighted by Crippen LogP contribution is -2.39. The molecule has 8 rings (SSSR count). The fraction of sp³-hybridized carbons (Fsp3) is 0.367. The summed E-state index contributed by atoms with van der Waals surface area (Å²) in [6.07, 6.45) is 5.75. The maximum Gasteiger partial charge on any atom is 0.411 e. The van der Waals surface area contributed by atoms with Gasteiger partial charge in [-0.2, -0.15) is 10.5 Å². The molecular formula is C49H48Cl4N8O6. The van der Waals surface area contributed by atoms with E-state index in [1.807, 2.05) is 42.6 Å². The number of methoxy groups -OCH3 is 4. The zero-order chi connectivity index (χ0) is 48.2. The summed E-state index contributed by atoms with van der Waals surface area (Å²) in [7, 11) is 6.16. The number of rotatable bonds is 10. The molecule has 2 fully saturated rings. The smallest absolute Gasteiger partial charge is 0.411 e. The SMILES string of the molecule is COc1cc(OC)c(Cl)c(-c2ccc3nc(C[C@@H]4CN[C@H](C#N)C4)ncc3c2)c1Cl.COc1cc(OC)c(Cl)c(-c2ccc3nc(C[C@H]4C[C@@H](C#N)N(C(=O)OC(C)(C)C)C4)ncc3c2)c1Cl. The van der Waals surface area contributed by atoms with E-state index in [2.05, 4.69) is 27.4 Å². The Morgan fingerprint density at radius 2 is 1.16 bits per heavy atom. The lowest BCUT2D eigenvalue weighted by atomic mass is 10.0. The van der Waals surface area contributed by atoms with E-state index in [-0.39, 0.29) is 12.0 Å². The molecule has 1 N–H and O–H groups in total. The van der Waals surface area contributed by atoms with Crippen molar-refractivity contribution in [1.82, 2.24) is 30.2 Å². The standard InChI is InChI=1S/C27H28Cl2N4O4.C22H20Cl2N4O2/c1-27(2,3)37-26(34)33-14-15(8-18(33)12-30)9-22-31-13-17-10-16(6-7-19(17)32-22)23-24(28)20(35-4)11-21(36-5)25(23)29;1-29-17-8-18(30-2)22(24)20(21(17)23)13-3-4-16-14(7-13)11-27-19(28-16)6-12-5-15(9-25)26-10-12/h6-7,10-11,13,15,18H,8-9,14H2,1-5H3;3-4,7-8,11-12,15,26H,5-6,10H2,1-2H3/t15-,18+;12-,15+/m11/s1. The lowest BCUT2D eigenvalue weighted by molar-refractivity contribution is 0.0253. The van der Waals surface area contributed by atoms with Crippen molar-refractivity contribution in [2.24, 2.45) is 11.8 Å². The van der Waals surface area contributed by atoms with E-state index in [0.29, 0.717) is 85.3 Å². The zero-order valence-electron chi connectivity index (χ0n) is 37.9. The normalized spacial score (nSPS) is 17.9. The molecule has 4 aromatic carbocycles. The van der Waals surface area contributed by atoms with E-state index in [0.717, 1.165) is 58.1 Å². The molecule has 2 aliphatic rings. The van der Waals surface area contributed by atoms with Gasteiger partial charge in [-0.05, 0) is 87.4 Å². The molecule has 0 unspecified atom stereocenters. The number of amides is 1. The number of carbonyl (C=O) groups is 1. The van der Waals surface area contributed by atoms with Crippen LogP contribution in [-0.4, -0.2) is 90.1 Å². The first-order chi connectivity index (χ1) is 32.1. The summed E-state index contributed by atoms with van der Waals surface area (Å²) in [6, 6.07) is 18.7. The molecule has 1 amide bonds. The highest BCUT2D eigenvalue weighted by Crippen LogP contribution is 2.48. The number of ether oxygens (including phenoxy) is 5. The summed E-state index contributed by atoms with van der Waals surface area (Å²) in [6.45, 7) is 6.65. The maximum atomic E-state index is 12.6. The number of aromatic nitrogens is 4. The van der Waals surface area contributed by atoms with Crippen LogP contribution in [0.2, 0.25) is 20.1 Å². The number of likely N-dealkylation sites (tertiary alicyclic amines) is 1. The average molecular weight is 987 g/mol. The number of halogens is 4. The van der Waals surface area contributed by atoms with Crippen molar-refractivity contribution in [2.45, 2.75) is 64.1 Å². The van der Waals surface area contributed by atoms with Crippen LogP contribution in [0.25, 0.3) is 44.1 Å². The van der Waals surface area contributed by atoms with Gasteiger partial charge in [0.05, 0.1) is 77.7 Å². The minimum atomic E-state index is -0.625. The van der Waals surface area contributed by atoms with Crippen LogP contribution in [0.15, 0.2) is 60.9 Å². The summed E-state index contributed by atoms with van der Waals surface area (Å²) in [5, 5.41) is 25.1. The minimum absolute atomic E-state index is 0.0516. The Labute approximate surface area is 409 Å². The Morgan fingerprint density at radius 3 is 1.57 bits per heavy atom. The van der Waals surface area contributed by atoms with Crippen LogP contribution in [0.3, 0.4) is 0 Å². The number of nitrogens with one attached hydrogen (secondary N) is 1. The molecule has 14 nitrogen and oxygen atoms in total. The molecular weight excluding hydrogens is 938 g/mol. The minimum Gasteiger partial charge on any atom is -0.495 e. The topological polar surface area (TPSA) is 178 Å². The zero-order valence-corrected chi connectivity index (χ0v) is 40.9. The third-order valence-corrected chi connectivity index (χ3v) is 13.0. The van der Waals surface area contributed by atoms with Gasteiger partial charge in [-0.3, -0.25) is 4.90 Å². The molecule has 0 spiro atoms. The highest BCUT2D eigenvalue weighted by Gasteiger charge is 2.38. The van der Waals surface area contributed by atoms with E-state index in [1.54, 1.807) is 53.3 Å². The molecule has 4 heterocycles. The third kappa shape index (κ3) is 11.0. The summed E-state index contributed by atoms with van der Waals surface area (Å²) in [5.41, 5.74) is 3.81. The molecule has 0 radical (unpaired) electrons. The molecule has 18 heteroatoms. The Bertz CT molecular complexity index is 2860. The van der Waals surface area contributed by atoms with Crippen molar-refractivity contribution in [3.8, 4) is 57.4 Å². The quantitative estimate of drug-likeness (QED) is 0.137. The van der Waals surface area contributed by atoms with Gasteiger partial charge in [0.1, 0.15) is 46.3 Å². The van der Waals surface area contributed by atoms with Crippen LogP contribution in [0.1, 0.15) is 45.3 Å². The van der Waals surface area contributed by atoms with E-state index in [4.69, 9.17) is 85.3 Å². The summed E-state index contributed by atoms with van der Waals surface area (Å²) in [5.74, 6) is 3.73. The number of carbonyl (C=O) groups excluding carboxylic acids is 1. The number of hydrogen-bond acceptors (Lipinski definition) is 13. The van der Waals surface area contributed by atoms with Gasteiger partial charge < -0.3 is 29.0 Å². The number of hydrogen-bond donors (Lipinski definition) is 1. The number of fused-ring (bicyclic) bond motifs is 2. The monoisotopic (exact) mass is 984 g/mol. The molecule has 0 aliphatic carbocycles. The second kappa shape index (κ2) is 21.0. The van der Waals surface area contributed by atoms with Gasteiger partial charge in [-0.25, -0.2) is 24.7 Å². The molecule has 2 saturated heterocycles. The lowest BCUT2D eigenvalue weighted by Gasteiger charge is -2.26. The molecule has 0 bridgehead atoms. The largest absolute Gasteiger partial charge is 0.495 e. The fourth-order valence-corrected chi connectivity index (χ4v) is 9.66. The molecule has 4 atom stereocenters. The van der Waals surface area contributed by atoms with Crippen molar-refractivity contribution in [3.63, 3.8) is 0 Å². The van der Waals surface area contributed by atoms with Crippen LogP contribution in [-0.2, 0) is 17.6 Å². The Hall–Kier alpha value is -5.87. The molecule has 0 saturated carbocycles. The molecule has 2 aliphatic heterocycles. The average Bonchev–Trinajstić information content (AvgIpc) is 3.95. The van der Waals surface area contributed by atoms with Crippen molar-refractivity contribution in [3.05, 3.63) is 92.7 Å². The molecule has 348 valence electrons. The van der Waals surface area contributed by atoms with E-state index in [9.17, 15) is 10.1 Å². The number of nitriles is 2. The van der Waals surface area contributed by atoms with Crippen molar-refractivity contribution >= 4 is 74.3 Å². The Morgan fingerprint density at radius 1 is 0.701 bits per heavy atom. The predicted octanol–water partition coefficient (Wildman–Crippen LogP) is 11.0. The number of nitrogens with zero attached hydrogens (tertiary/aromatic N) is 7. The second-order valence-corrected chi connectivity index (χ2v) is 18.7. The summed E-state index contributed by atoms with van der Waals surface area (Å²) in [4.78, 5) is 32.6. The predicted molar refractivity (Wildman–Crippen MR) is 260 cm³/mol. The molecule has 2 aromatic heterocycles. The van der Waals surface area contributed by atoms with Crippen molar-refractivity contribution in [2.75, 3.05) is 41.5 Å². The van der Waals surface area contributed by atoms with Crippen molar-refractivity contribution in [1.29, 1.82) is 10.5 Å².